The van der Waals surface area contributed by atoms with E-state index < -0.39 is 5.82 Å². The van der Waals surface area contributed by atoms with Crippen molar-refractivity contribution in [3.63, 3.8) is 0 Å². The maximum atomic E-state index is 13.1. The highest BCUT2D eigenvalue weighted by Gasteiger charge is 2.07. The molecule has 0 saturated heterocycles. The Hall–Kier alpha value is -1.73. The van der Waals surface area contributed by atoms with Crippen LogP contribution in [0.3, 0.4) is 0 Å². The van der Waals surface area contributed by atoms with Gasteiger partial charge in [0.25, 0.3) is 0 Å². The average Bonchev–Trinajstić information content (AvgIpc) is 3.00. The van der Waals surface area contributed by atoms with Gasteiger partial charge < -0.3 is 10.6 Å². The molecule has 0 radical (unpaired) electrons. The van der Waals surface area contributed by atoms with E-state index in [1.165, 1.54) is 23.5 Å². The van der Waals surface area contributed by atoms with Crippen LogP contribution in [0.4, 0.5) is 15.2 Å². The molecule has 2 N–H and O–H groups in total. The van der Waals surface area contributed by atoms with Crippen molar-refractivity contribution in [2.75, 3.05) is 10.6 Å². The zero-order valence-corrected chi connectivity index (χ0v) is 15.2. The van der Waals surface area contributed by atoms with Crippen molar-refractivity contribution in [3.8, 4) is 11.3 Å². The van der Waals surface area contributed by atoms with Crippen molar-refractivity contribution in [1.29, 1.82) is 0 Å². The van der Waals surface area contributed by atoms with Crippen molar-refractivity contribution >= 4 is 62.7 Å². The second-order valence-corrected chi connectivity index (χ2v) is 6.86. The molecule has 122 valence electrons. The Bertz CT molecular complexity index is 881. The molecule has 24 heavy (non-hydrogen) atoms. The zero-order valence-electron chi connectivity index (χ0n) is 12.0. The summed E-state index contributed by atoms with van der Waals surface area (Å²) in [6.45, 7) is 0. The number of nitrogens with one attached hydrogen (secondary N) is 2. The lowest BCUT2D eigenvalue weighted by Gasteiger charge is -2.08. The summed E-state index contributed by atoms with van der Waals surface area (Å²) in [5.41, 5.74) is 2.38. The first-order valence-corrected chi connectivity index (χ1v) is 8.80. The van der Waals surface area contributed by atoms with Gasteiger partial charge in [0.05, 0.1) is 10.7 Å². The second kappa shape index (κ2) is 7.44. The normalized spacial score (nSPS) is 10.5. The number of aromatic nitrogens is 1. The summed E-state index contributed by atoms with van der Waals surface area (Å²) in [5.74, 6) is -0.478. The molecule has 3 nitrogen and oxygen atoms in total. The molecule has 0 atom stereocenters. The van der Waals surface area contributed by atoms with Crippen molar-refractivity contribution in [3.05, 3.63) is 63.7 Å². The van der Waals surface area contributed by atoms with E-state index in [9.17, 15) is 4.39 Å². The van der Waals surface area contributed by atoms with Crippen molar-refractivity contribution in [1.82, 2.24) is 4.98 Å². The number of rotatable bonds is 3. The fraction of sp³-hybridized carbons (Fsp3) is 0. The summed E-state index contributed by atoms with van der Waals surface area (Å²) < 4.78 is 13.1. The molecule has 0 amide bonds. The van der Waals surface area contributed by atoms with Crippen LogP contribution in [0.5, 0.6) is 0 Å². The monoisotopic (exact) mass is 397 g/mol. The van der Waals surface area contributed by atoms with Gasteiger partial charge in [-0.1, -0.05) is 35.3 Å². The Balaban J connectivity index is 1.66. The molecule has 0 fully saturated rings. The van der Waals surface area contributed by atoms with Gasteiger partial charge >= 0.3 is 0 Å². The van der Waals surface area contributed by atoms with Crippen LogP contribution >= 0.6 is 46.8 Å². The number of anilines is 2. The van der Waals surface area contributed by atoms with Gasteiger partial charge in [0.15, 0.2) is 10.2 Å². The largest absolute Gasteiger partial charge is 0.332 e. The van der Waals surface area contributed by atoms with E-state index in [2.05, 4.69) is 15.6 Å². The maximum Gasteiger partial charge on any atom is 0.189 e. The predicted octanol–water partition coefficient (Wildman–Crippen LogP) is 6.06. The van der Waals surface area contributed by atoms with E-state index in [0.717, 1.165) is 11.3 Å². The molecule has 0 aliphatic rings. The quantitative estimate of drug-likeness (QED) is 0.526. The van der Waals surface area contributed by atoms with Gasteiger partial charge in [-0.05, 0) is 42.5 Å². The summed E-state index contributed by atoms with van der Waals surface area (Å²) in [5, 5.41) is 9.54. The third kappa shape index (κ3) is 4.21. The Morgan fingerprint density at radius 2 is 1.83 bits per heavy atom. The summed E-state index contributed by atoms with van der Waals surface area (Å²) in [6.07, 6.45) is 0. The van der Waals surface area contributed by atoms with E-state index in [0.29, 0.717) is 21.0 Å². The minimum Gasteiger partial charge on any atom is -0.332 e. The number of halogens is 3. The first-order chi connectivity index (χ1) is 11.5. The second-order valence-electron chi connectivity index (χ2n) is 4.75. The Morgan fingerprint density at radius 1 is 1.08 bits per heavy atom. The first kappa shape index (κ1) is 17.1. The Kier molecular flexibility index (Phi) is 5.30. The van der Waals surface area contributed by atoms with Crippen LogP contribution in [0.2, 0.25) is 10.0 Å². The van der Waals surface area contributed by atoms with Crippen molar-refractivity contribution < 1.29 is 4.39 Å². The molecule has 8 heteroatoms. The molecule has 0 aliphatic heterocycles. The maximum absolute atomic E-state index is 13.1. The van der Waals surface area contributed by atoms with Gasteiger partial charge in [0.1, 0.15) is 5.82 Å². The number of thiocarbonyl (C=S) groups is 1. The van der Waals surface area contributed by atoms with Gasteiger partial charge in [0.2, 0.25) is 0 Å². The van der Waals surface area contributed by atoms with Crippen molar-refractivity contribution in [2.24, 2.45) is 0 Å². The minimum absolute atomic E-state index is 0.0297. The SMILES string of the molecule is Fc1ccc(NC(=S)Nc2nc(-c3ccc(Cl)cc3)cs2)cc1Cl. The number of nitrogens with zero attached hydrogens (tertiary/aromatic N) is 1. The topological polar surface area (TPSA) is 37.0 Å². The standard InChI is InChI=1S/C16H10Cl2FN3S2/c17-10-3-1-9(2-4-10)14-8-24-16(21-14)22-15(23)20-11-5-6-13(19)12(18)7-11/h1-8H,(H2,20,21,22,23). The number of benzene rings is 2. The molecule has 2 aromatic carbocycles. The molecule has 0 bridgehead atoms. The van der Waals surface area contributed by atoms with Crippen LogP contribution in [-0.4, -0.2) is 10.1 Å². The summed E-state index contributed by atoms with van der Waals surface area (Å²) in [7, 11) is 0. The summed E-state index contributed by atoms with van der Waals surface area (Å²) in [6, 6.07) is 11.7. The highest BCUT2D eigenvalue weighted by Crippen LogP contribution is 2.26. The van der Waals surface area contributed by atoms with Gasteiger partial charge in [-0.25, -0.2) is 9.37 Å². The molecule has 0 saturated carbocycles. The Morgan fingerprint density at radius 3 is 2.54 bits per heavy atom. The van der Waals surface area contributed by atoms with Crippen LogP contribution in [0, 0.1) is 5.82 Å². The van der Waals surface area contributed by atoms with Gasteiger partial charge in [-0.3, -0.25) is 0 Å². The van der Waals surface area contributed by atoms with E-state index in [-0.39, 0.29) is 5.02 Å². The molecule has 3 aromatic rings. The number of thiazole rings is 1. The van der Waals surface area contributed by atoms with Gasteiger partial charge in [-0.2, -0.15) is 0 Å². The van der Waals surface area contributed by atoms with Crippen LogP contribution < -0.4 is 10.6 Å². The molecule has 1 heterocycles. The van der Waals surface area contributed by atoms with E-state index in [1.807, 2.05) is 29.6 Å². The molecule has 1 aromatic heterocycles. The lowest BCUT2D eigenvalue weighted by Crippen LogP contribution is -2.18. The third-order valence-corrected chi connectivity index (χ3v) is 4.55. The fourth-order valence-corrected chi connectivity index (χ4v) is 3.23. The minimum atomic E-state index is -0.478. The molecule has 0 unspecified atom stereocenters. The summed E-state index contributed by atoms with van der Waals surface area (Å²) >= 11 is 18.3. The molecular formula is C16H10Cl2FN3S2. The molecular weight excluding hydrogens is 388 g/mol. The third-order valence-electron chi connectivity index (χ3n) is 3.04. The highest BCUT2D eigenvalue weighted by atomic mass is 35.5. The molecule has 0 aliphatic carbocycles. The van der Waals surface area contributed by atoms with E-state index in [1.54, 1.807) is 6.07 Å². The first-order valence-electron chi connectivity index (χ1n) is 6.76. The van der Waals surface area contributed by atoms with Crippen LogP contribution in [0.25, 0.3) is 11.3 Å². The fourth-order valence-electron chi connectivity index (χ4n) is 1.92. The lowest BCUT2D eigenvalue weighted by molar-refractivity contribution is 0.628. The summed E-state index contributed by atoms with van der Waals surface area (Å²) in [4.78, 5) is 4.47. The van der Waals surface area contributed by atoms with Crippen LogP contribution in [0.1, 0.15) is 0 Å². The predicted molar refractivity (Wildman–Crippen MR) is 104 cm³/mol. The van der Waals surface area contributed by atoms with Crippen LogP contribution in [-0.2, 0) is 0 Å². The van der Waals surface area contributed by atoms with E-state index in [4.69, 9.17) is 35.4 Å². The van der Waals surface area contributed by atoms with E-state index >= 15 is 0 Å². The number of hydrogen-bond donors (Lipinski definition) is 2. The number of hydrogen-bond acceptors (Lipinski definition) is 3. The van der Waals surface area contributed by atoms with Crippen molar-refractivity contribution in [2.45, 2.75) is 0 Å². The highest BCUT2D eigenvalue weighted by molar-refractivity contribution is 7.80. The zero-order chi connectivity index (χ0) is 17.1. The van der Waals surface area contributed by atoms with Gasteiger partial charge in [0, 0.05) is 21.7 Å². The molecule has 0 spiro atoms. The lowest BCUT2D eigenvalue weighted by atomic mass is 10.2. The average molecular weight is 398 g/mol. The van der Waals surface area contributed by atoms with Crippen LogP contribution in [0.15, 0.2) is 47.8 Å². The smallest absolute Gasteiger partial charge is 0.189 e. The Labute approximate surface area is 157 Å². The molecule has 3 rings (SSSR count). The van der Waals surface area contributed by atoms with Gasteiger partial charge in [-0.15, -0.1) is 11.3 Å².